The van der Waals surface area contributed by atoms with Crippen LogP contribution in [-0.4, -0.2) is 40.3 Å². The number of hydrazine groups is 1. The Morgan fingerprint density at radius 2 is 1.85 bits per heavy atom. The van der Waals surface area contributed by atoms with E-state index in [-0.39, 0.29) is 5.92 Å². The van der Waals surface area contributed by atoms with Crippen LogP contribution in [0, 0.1) is 0 Å². The highest BCUT2D eigenvalue weighted by atomic mass is 16.5. The van der Waals surface area contributed by atoms with Gasteiger partial charge in [-0.1, -0.05) is 31.2 Å². The number of H-pyrrole nitrogens is 1. The van der Waals surface area contributed by atoms with Crippen LogP contribution in [0.5, 0.6) is 5.75 Å². The fourth-order valence-electron chi connectivity index (χ4n) is 4.99. The third-order valence-electron chi connectivity index (χ3n) is 6.83. The lowest BCUT2D eigenvalue weighted by atomic mass is 9.86. The highest BCUT2D eigenvalue weighted by molar-refractivity contribution is 5.85. The van der Waals surface area contributed by atoms with Crippen LogP contribution in [0.25, 0.3) is 22.2 Å². The van der Waals surface area contributed by atoms with Crippen molar-refractivity contribution in [1.29, 1.82) is 0 Å². The zero-order chi connectivity index (χ0) is 23.5. The maximum Gasteiger partial charge on any atom is 0.181 e. The molecule has 0 radical (unpaired) electrons. The molecule has 1 unspecified atom stereocenters. The van der Waals surface area contributed by atoms with Crippen LogP contribution in [-0.2, 0) is 6.54 Å². The first-order valence-electron chi connectivity index (χ1n) is 12.0. The minimum absolute atomic E-state index is 0.181. The van der Waals surface area contributed by atoms with Gasteiger partial charge in [0.15, 0.2) is 5.82 Å². The number of nitrogens with one attached hydrogen (secondary N) is 2. The predicted octanol–water partition coefficient (Wildman–Crippen LogP) is 5.06. The highest BCUT2D eigenvalue weighted by Gasteiger charge is 2.19. The Hall–Kier alpha value is -3.42. The fourth-order valence-corrected chi connectivity index (χ4v) is 4.99. The van der Waals surface area contributed by atoms with Crippen LogP contribution in [0.1, 0.15) is 49.1 Å². The molecular weight excluding hydrogens is 424 g/mol. The summed E-state index contributed by atoms with van der Waals surface area (Å²) in [6.07, 6.45) is 3.46. The van der Waals surface area contributed by atoms with Gasteiger partial charge >= 0.3 is 0 Å². The molecule has 1 saturated heterocycles. The molecule has 4 N–H and O–H groups in total. The van der Waals surface area contributed by atoms with Gasteiger partial charge in [-0.3, -0.25) is 15.8 Å². The number of hydrogen-bond donors (Lipinski definition) is 3. The second kappa shape index (κ2) is 9.83. The van der Waals surface area contributed by atoms with E-state index in [0.717, 1.165) is 65.7 Å². The summed E-state index contributed by atoms with van der Waals surface area (Å²) in [5.74, 6) is 8.60. The average Bonchev–Trinajstić information content (AvgIpc) is 3.57. The standard InChI is InChI=1S/C27H32N6O/c1-3-23(20-7-6-19-15-22(34-2)10-8-18(19)14-20)24-16-21(9-11-25(24)30-28)27-29-26(31-32-27)17-33-12-4-5-13-33/h6-11,14-16,23,30H,3-5,12-13,17,28H2,1-2H3,(H,29,31,32). The number of nitrogens with two attached hydrogens (primary N) is 1. The molecule has 34 heavy (non-hydrogen) atoms. The fraction of sp³-hybridized carbons (Fsp3) is 0.333. The molecule has 0 amide bonds. The molecule has 1 fully saturated rings. The molecular formula is C27H32N6O. The number of aromatic amines is 1. The lowest BCUT2D eigenvalue weighted by Gasteiger charge is -2.21. The molecule has 1 aliphatic rings. The number of benzene rings is 3. The Labute approximate surface area is 200 Å². The molecule has 7 heteroatoms. The summed E-state index contributed by atoms with van der Waals surface area (Å²) >= 11 is 0. The van der Waals surface area contributed by atoms with Crippen molar-refractivity contribution in [1.82, 2.24) is 20.1 Å². The van der Waals surface area contributed by atoms with Gasteiger partial charge in [-0.2, -0.15) is 5.10 Å². The number of aromatic nitrogens is 3. The third-order valence-corrected chi connectivity index (χ3v) is 6.83. The summed E-state index contributed by atoms with van der Waals surface area (Å²) < 4.78 is 5.38. The van der Waals surface area contributed by atoms with E-state index < -0.39 is 0 Å². The first kappa shape index (κ1) is 22.4. The maximum atomic E-state index is 5.92. The van der Waals surface area contributed by atoms with E-state index in [1.165, 1.54) is 23.8 Å². The summed E-state index contributed by atoms with van der Waals surface area (Å²) in [7, 11) is 1.70. The molecule has 176 valence electrons. The van der Waals surface area contributed by atoms with Crippen molar-refractivity contribution >= 4 is 16.5 Å². The molecule has 2 heterocycles. The van der Waals surface area contributed by atoms with Gasteiger partial charge in [0.1, 0.15) is 11.6 Å². The molecule has 1 aliphatic heterocycles. The van der Waals surface area contributed by atoms with Gasteiger partial charge in [0.25, 0.3) is 0 Å². The van der Waals surface area contributed by atoms with Crippen molar-refractivity contribution in [3.63, 3.8) is 0 Å². The third kappa shape index (κ3) is 4.49. The lowest BCUT2D eigenvalue weighted by molar-refractivity contribution is 0.323. The Balaban J connectivity index is 1.47. The molecule has 0 spiro atoms. The number of ether oxygens (including phenoxy) is 1. The molecule has 4 aromatic rings. The number of fused-ring (bicyclic) bond motifs is 1. The largest absolute Gasteiger partial charge is 0.497 e. The second-order valence-electron chi connectivity index (χ2n) is 8.97. The molecule has 0 saturated carbocycles. The molecule has 7 nitrogen and oxygen atoms in total. The number of hydrogen-bond acceptors (Lipinski definition) is 6. The van der Waals surface area contributed by atoms with E-state index in [1.807, 2.05) is 18.2 Å². The molecule has 5 rings (SSSR count). The van der Waals surface area contributed by atoms with Crippen LogP contribution in [0.15, 0.2) is 54.6 Å². The Kier molecular flexibility index (Phi) is 6.47. The quantitative estimate of drug-likeness (QED) is 0.254. The maximum absolute atomic E-state index is 5.92. The number of anilines is 1. The zero-order valence-electron chi connectivity index (χ0n) is 19.8. The molecule has 1 atom stereocenters. The summed E-state index contributed by atoms with van der Waals surface area (Å²) in [5, 5.41) is 10.00. The lowest BCUT2D eigenvalue weighted by Crippen LogP contribution is -2.19. The Morgan fingerprint density at radius 1 is 1.06 bits per heavy atom. The number of likely N-dealkylation sites (tertiary alicyclic amines) is 1. The Morgan fingerprint density at radius 3 is 2.62 bits per heavy atom. The normalized spacial score (nSPS) is 15.0. The average molecular weight is 457 g/mol. The number of methoxy groups -OCH3 is 1. The molecule has 0 aliphatic carbocycles. The topological polar surface area (TPSA) is 92.1 Å². The van der Waals surface area contributed by atoms with E-state index in [4.69, 9.17) is 15.6 Å². The van der Waals surface area contributed by atoms with Crippen molar-refractivity contribution in [3.8, 4) is 17.1 Å². The SMILES string of the molecule is CCC(c1ccc2cc(OC)ccc2c1)c1cc(-c2n[nH]c(CN3CCCC3)n2)ccc1NN. The minimum atomic E-state index is 0.181. The highest BCUT2D eigenvalue weighted by Crippen LogP contribution is 2.36. The first-order valence-corrected chi connectivity index (χ1v) is 12.0. The van der Waals surface area contributed by atoms with Crippen LogP contribution in [0.3, 0.4) is 0 Å². The number of nitrogens with zero attached hydrogens (tertiary/aromatic N) is 3. The van der Waals surface area contributed by atoms with Crippen molar-refractivity contribution in [2.45, 2.75) is 38.6 Å². The zero-order valence-corrected chi connectivity index (χ0v) is 19.8. The minimum Gasteiger partial charge on any atom is -0.497 e. The van der Waals surface area contributed by atoms with Crippen molar-refractivity contribution < 1.29 is 4.74 Å². The smallest absolute Gasteiger partial charge is 0.181 e. The van der Waals surface area contributed by atoms with Gasteiger partial charge in [-0.15, -0.1) is 0 Å². The Bertz CT molecular complexity index is 1280. The van der Waals surface area contributed by atoms with E-state index in [9.17, 15) is 0 Å². The van der Waals surface area contributed by atoms with Crippen molar-refractivity contribution in [2.24, 2.45) is 5.84 Å². The van der Waals surface area contributed by atoms with Gasteiger partial charge < -0.3 is 10.2 Å². The van der Waals surface area contributed by atoms with E-state index in [1.54, 1.807) is 7.11 Å². The van der Waals surface area contributed by atoms with Crippen molar-refractivity contribution in [2.75, 3.05) is 25.6 Å². The second-order valence-corrected chi connectivity index (χ2v) is 8.97. The van der Waals surface area contributed by atoms with Crippen LogP contribution in [0.2, 0.25) is 0 Å². The van der Waals surface area contributed by atoms with Crippen molar-refractivity contribution in [3.05, 3.63) is 71.5 Å². The van der Waals surface area contributed by atoms with Crippen LogP contribution in [0.4, 0.5) is 5.69 Å². The summed E-state index contributed by atoms with van der Waals surface area (Å²) in [6.45, 7) is 5.29. The van der Waals surface area contributed by atoms with E-state index in [0.29, 0.717) is 0 Å². The van der Waals surface area contributed by atoms with Crippen LogP contribution >= 0.6 is 0 Å². The summed E-state index contributed by atoms with van der Waals surface area (Å²) in [5.41, 5.74) is 7.18. The molecule has 3 aromatic carbocycles. The van der Waals surface area contributed by atoms with Gasteiger partial charge in [-0.05, 0) is 84.6 Å². The summed E-state index contributed by atoms with van der Waals surface area (Å²) in [4.78, 5) is 7.20. The van der Waals surface area contributed by atoms with Gasteiger partial charge in [0.05, 0.1) is 19.3 Å². The number of nitrogen functional groups attached to an aromatic ring is 1. The number of rotatable bonds is 8. The first-order chi connectivity index (χ1) is 16.7. The van der Waals surface area contributed by atoms with E-state index in [2.05, 4.69) is 63.8 Å². The monoisotopic (exact) mass is 456 g/mol. The molecule has 1 aromatic heterocycles. The van der Waals surface area contributed by atoms with E-state index >= 15 is 0 Å². The van der Waals surface area contributed by atoms with Crippen LogP contribution < -0.4 is 16.0 Å². The summed E-state index contributed by atoms with van der Waals surface area (Å²) in [6, 6.07) is 19.0. The van der Waals surface area contributed by atoms with Gasteiger partial charge in [0.2, 0.25) is 0 Å². The van der Waals surface area contributed by atoms with Gasteiger partial charge in [-0.25, -0.2) is 4.98 Å². The molecule has 0 bridgehead atoms. The van der Waals surface area contributed by atoms with Gasteiger partial charge in [0, 0.05) is 11.5 Å². The predicted molar refractivity (Wildman–Crippen MR) is 137 cm³/mol.